The number of halogens is 3. The van der Waals surface area contributed by atoms with Crippen molar-refractivity contribution in [3.8, 4) is 11.1 Å². The molecule has 4 saturated heterocycles. The number of rotatable bonds is 11. The molecule has 2 aromatic heterocycles. The molecule has 5 aromatic rings. The van der Waals surface area contributed by atoms with Crippen LogP contribution in [0.3, 0.4) is 0 Å². The van der Waals surface area contributed by atoms with Gasteiger partial charge in [-0.05, 0) is 117 Å². The van der Waals surface area contributed by atoms with Crippen LogP contribution in [0.15, 0.2) is 73.1 Å². The molecule has 3 aromatic carbocycles. The lowest BCUT2D eigenvalue weighted by Gasteiger charge is -2.38. The third kappa shape index (κ3) is 8.59. The van der Waals surface area contributed by atoms with Crippen LogP contribution in [0.1, 0.15) is 88.3 Å². The Morgan fingerprint density at radius 1 is 0.881 bits per heavy atom. The molecule has 14 nitrogen and oxygen atoms in total. The average Bonchev–Trinajstić information content (AvgIpc) is 4.06. The number of H-pyrrole nitrogens is 1. The van der Waals surface area contributed by atoms with Crippen molar-refractivity contribution in [2.75, 3.05) is 62.5 Å². The van der Waals surface area contributed by atoms with Crippen LogP contribution in [0.2, 0.25) is 0 Å². The molecular formula is C49H51F3N8O6S. The van der Waals surface area contributed by atoms with Crippen LogP contribution in [0.25, 0.3) is 22.2 Å². The maximum absolute atomic E-state index is 15.8. The second-order valence-corrected chi connectivity index (χ2v) is 20.2. The molecule has 0 bridgehead atoms. The number of carbonyl (C=O) groups is 4. The van der Waals surface area contributed by atoms with Gasteiger partial charge in [-0.1, -0.05) is 24.3 Å². The normalized spacial score (nSPS) is 21.5. The number of hydrogen-bond acceptors (Lipinski definition) is 9. The number of ketones is 1. The van der Waals surface area contributed by atoms with Gasteiger partial charge >= 0.3 is 10.2 Å². The Balaban J connectivity index is 0.728. The first-order valence-corrected chi connectivity index (χ1v) is 24.4. The second-order valence-electron chi connectivity index (χ2n) is 18.5. The van der Waals surface area contributed by atoms with E-state index < -0.39 is 51.1 Å². The molecule has 0 radical (unpaired) electrons. The van der Waals surface area contributed by atoms with Gasteiger partial charge in [0.15, 0.2) is 5.82 Å². The first kappa shape index (κ1) is 44.7. The standard InChI is InChI=1S/C49H51F3N8O6S/c1-56-43(61)11-10-42(49(56)64)60-27-34-22-32(4-7-37(34)48(60)63)31-14-17-57(18-15-31)26-29-12-19-58(20-13-29)36-5-2-30(3-6-36)33-23-38-39(25-54-47(38)53-24-33)46(62)44-40(51)8-9-41(45(44)52)55-67(65,66)59-21-16-35(50)28-59/h2-9,22-25,29,31,35,42,55H,10-21,26-28H2,1H3,(H,53,54)/t35-,42?/m1/s1. The highest BCUT2D eigenvalue weighted by molar-refractivity contribution is 7.90. The molecule has 5 aliphatic heterocycles. The third-order valence-corrected chi connectivity index (χ3v) is 16.0. The van der Waals surface area contributed by atoms with E-state index in [0.717, 1.165) is 96.6 Å². The van der Waals surface area contributed by atoms with Crippen molar-refractivity contribution in [3.63, 3.8) is 0 Å². The molecule has 67 heavy (non-hydrogen) atoms. The number of likely N-dealkylation sites (tertiary alicyclic amines) is 2. The van der Waals surface area contributed by atoms with Crippen LogP contribution in [0.4, 0.5) is 24.5 Å². The highest BCUT2D eigenvalue weighted by Crippen LogP contribution is 2.36. The quantitative estimate of drug-likeness (QED) is 0.109. The number of hydrogen-bond donors (Lipinski definition) is 2. The smallest absolute Gasteiger partial charge is 0.301 e. The minimum atomic E-state index is -4.35. The molecule has 7 heterocycles. The predicted molar refractivity (Wildman–Crippen MR) is 245 cm³/mol. The van der Waals surface area contributed by atoms with Gasteiger partial charge in [0.2, 0.25) is 11.7 Å². The van der Waals surface area contributed by atoms with Crippen molar-refractivity contribution < 1.29 is 40.8 Å². The monoisotopic (exact) mass is 936 g/mol. The van der Waals surface area contributed by atoms with E-state index in [1.165, 1.54) is 18.8 Å². The Morgan fingerprint density at radius 2 is 1.64 bits per heavy atom. The fourth-order valence-electron chi connectivity index (χ4n) is 10.5. The highest BCUT2D eigenvalue weighted by atomic mass is 32.2. The van der Waals surface area contributed by atoms with E-state index in [-0.39, 0.29) is 49.2 Å². The number of likely N-dealkylation sites (N-methyl/N-ethyl adjacent to an activating group) is 1. The van der Waals surface area contributed by atoms with Gasteiger partial charge in [-0.15, -0.1) is 0 Å². The molecule has 0 spiro atoms. The molecule has 0 aliphatic carbocycles. The number of amides is 3. The minimum Gasteiger partial charge on any atom is -0.372 e. The number of aromatic amines is 1. The van der Waals surface area contributed by atoms with E-state index in [1.54, 1.807) is 17.2 Å². The molecule has 0 saturated carbocycles. The topological polar surface area (TPSA) is 159 Å². The van der Waals surface area contributed by atoms with Gasteiger partial charge in [0, 0.05) is 92.9 Å². The number of benzene rings is 3. The van der Waals surface area contributed by atoms with Crippen molar-refractivity contribution in [1.29, 1.82) is 0 Å². The summed E-state index contributed by atoms with van der Waals surface area (Å²) in [7, 11) is -2.87. The van der Waals surface area contributed by atoms with Crippen LogP contribution in [-0.4, -0.2) is 126 Å². The largest absolute Gasteiger partial charge is 0.372 e. The maximum atomic E-state index is 15.8. The third-order valence-electron chi connectivity index (χ3n) is 14.5. The summed E-state index contributed by atoms with van der Waals surface area (Å²) in [6.07, 6.45) is 6.48. The fraction of sp³-hybridized carbons (Fsp3) is 0.408. The fourth-order valence-corrected chi connectivity index (χ4v) is 11.8. The second kappa shape index (κ2) is 17.8. The summed E-state index contributed by atoms with van der Waals surface area (Å²) in [5, 5.41) is 0.338. The number of aromatic nitrogens is 2. The Hall–Kier alpha value is -6.11. The number of nitrogens with one attached hydrogen (secondary N) is 2. The maximum Gasteiger partial charge on any atom is 0.301 e. The number of fused-ring (bicyclic) bond motifs is 2. The SMILES string of the molecule is CN1C(=O)CCC(N2Cc3cc(C4CCN(CC5CCN(c6ccc(-c7cnc8[nH]cc(C(=O)c9c(F)ccc(NS(=O)(=O)N%10CC[C@@H](F)C%10)c9F)c8c7)cc6)CC5)CC4)ccc3C2=O)C1=O. The number of imide groups is 1. The van der Waals surface area contributed by atoms with Crippen molar-refractivity contribution in [3.05, 3.63) is 113 Å². The summed E-state index contributed by atoms with van der Waals surface area (Å²) in [5.41, 5.74) is 4.20. The summed E-state index contributed by atoms with van der Waals surface area (Å²) in [5.74, 6) is -3.20. The Labute approximate surface area is 386 Å². The molecule has 10 rings (SSSR count). The summed E-state index contributed by atoms with van der Waals surface area (Å²) >= 11 is 0. The molecule has 4 fully saturated rings. The van der Waals surface area contributed by atoms with Gasteiger partial charge in [-0.3, -0.25) is 28.8 Å². The molecule has 5 aliphatic rings. The van der Waals surface area contributed by atoms with Gasteiger partial charge in [0.1, 0.15) is 23.7 Å². The van der Waals surface area contributed by atoms with Crippen LogP contribution >= 0.6 is 0 Å². The highest BCUT2D eigenvalue weighted by Gasteiger charge is 2.42. The summed E-state index contributed by atoms with van der Waals surface area (Å²) in [4.78, 5) is 67.0. The number of alkyl halides is 1. The van der Waals surface area contributed by atoms with E-state index in [2.05, 4.69) is 44.0 Å². The Kier molecular flexibility index (Phi) is 11.9. The van der Waals surface area contributed by atoms with Crippen molar-refractivity contribution in [1.82, 2.24) is 29.0 Å². The van der Waals surface area contributed by atoms with Gasteiger partial charge in [-0.2, -0.15) is 12.7 Å². The van der Waals surface area contributed by atoms with Gasteiger partial charge in [-0.25, -0.2) is 18.2 Å². The van der Waals surface area contributed by atoms with Gasteiger partial charge in [0.05, 0.1) is 11.3 Å². The van der Waals surface area contributed by atoms with Crippen molar-refractivity contribution in [2.45, 2.75) is 69.6 Å². The number of anilines is 2. The number of nitrogens with zero attached hydrogens (tertiary/aromatic N) is 6. The zero-order valence-electron chi connectivity index (χ0n) is 37.0. The molecule has 3 amide bonds. The Bertz CT molecular complexity index is 2900. The van der Waals surface area contributed by atoms with Gasteiger partial charge in [0.25, 0.3) is 11.8 Å². The number of piperidine rings is 3. The van der Waals surface area contributed by atoms with Crippen molar-refractivity contribution >= 4 is 56.1 Å². The first-order chi connectivity index (χ1) is 32.2. The average molecular weight is 937 g/mol. The molecule has 18 heteroatoms. The Morgan fingerprint density at radius 3 is 2.37 bits per heavy atom. The molecule has 1 unspecified atom stereocenters. The minimum absolute atomic E-state index is 0.00470. The summed E-state index contributed by atoms with van der Waals surface area (Å²) in [6, 6.07) is 17.1. The van der Waals surface area contributed by atoms with E-state index in [1.807, 2.05) is 22.9 Å². The van der Waals surface area contributed by atoms with E-state index in [0.29, 0.717) is 47.0 Å². The molecule has 2 atom stereocenters. The van der Waals surface area contributed by atoms with E-state index in [4.69, 9.17) is 0 Å². The summed E-state index contributed by atoms with van der Waals surface area (Å²) < 4.78 is 73.2. The molecule has 350 valence electrons. The van der Waals surface area contributed by atoms with E-state index in [9.17, 15) is 32.0 Å². The summed E-state index contributed by atoms with van der Waals surface area (Å²) in [6.45, 7) is 4.86. The zero-order valence-corrected chi connectivity index (χ0v) is 37.8. The lowest BCUT2D eigenvalue weighted by atomic mass is 9.87. The van der Waals surface area contributed by atoms with Crippen molar-refractivity contribution in [2.24, 2.45) is 5.92 Å². The van der Waals surface area contributed by atoms with Crippen LogP contribution < -0.4 is 9.62 Å². The zero-order chi connectivity index (χ0) is 46.7. The molecule has 2 N–H and O–H groups in total. The van der Waals surface area contributed by atoms with Gasteiger partial charge < -0.3 is 19.7 Å². The van der Waals surface area contributed by atoms with E-state index >= 15 is 8.78 Å². The predicted octanol–water partition coefficient (Wildman–Crippen LogP) is 6.64. The van der Waals surface area contributed by atoms with Crippen LogP contribution in [0, 0.1) is 17.6 Å². The number of carbonyl (C=O) groups excluding carboxylic acids is 4. The first-order valence-electron chi connectivity index (χ1n) is 23.0. The number of pyridine rings is 1. The molecular weight excluding hydrogens is 886 g/mol. The lowest BCUT2D eigenvalue weighted by molar-refractivity contribution is -0.150. The van der Waals surface area contributed by atoms with Crippen LogP contribution in [-0.2, 0) is 26.3 Å². The van der Waals surface area contributed by atoms with Crippen LogP contribution in [0.5, 0.6) is 0 Å². The lowest BCUT2D eigenvalue weighted by Crippen LogP contribution is -2.53.